The third-order valence-electron chi connectivity index (χ3n) is 6.10. The normalized spacial score (nSPS) is 14.7. The molecule has 0 unspecified atom stereocenters. The first-order valence-corrected chi connectivity index (χ1v) is 10.5. The fraction of sp³-hybridized carbons (Fsp3) is 0.192. The summed E-state index contributed by atoms with van der Waals surface area (Å²) in [6.07, 6.45) is 3.48. The van der Waals surface area contributed by atoms with Gasteiger partial charge in [-0.25, -0.2) is 0 Å². The maximum Gasteiger partial charge on any atom is 0.200 e. The number of hydrogen-bond donors (Lipinski definition) is 0. The fourth-order valence-electron chi connectivity index (χ4n) is 4.61. The second-order valence-electron chi connectivity index (χ2n) is 7.96. The zero-order valence-corrected chi connectivity index (χ0v) is 16.6. The Balaban J connectivity index is 1.63. The van der Waals surface area contributed by atoms with Crippen molar-refractivity contribution in [2.24, 2.45) is 0 Å². The Morgan fingerprint density at radius 1 is 0.667 bits per heavy atom. The number of piperidine rings is 1. The van der Waals surface area contributed by atoms with Crippen molar-refractivity contribution in [2.45, 2.75) is 19.3 Å². The maximum absolute atomic E-state index is 12.9. The molecule has 4 nitrogen and oxygen atoms in total. The van der Waals surface area contributed by atoms with E-state index >= 15 is 0 Å². The Kier molecular flexibility index (Phi) is 3.91. The van der Waals surface area contributed by atoms with Crippen molar-refractivity contribution in [1.82, 2.24) is 0 Å². The van der Waals surface area contributed by atoms with Gasteiger partial charge in [0.2, 0.25) is 0 Å². The first kappa shape index (κ1) is 17.3. The lowest BCUT2D eigenvalue weighted by atomic mass is 10.00. The van der Waals surface area contributed by atoms with Crippen molar-refractivity contribution in [3.05, 3.63) is 77.0 Å². The van der Waals surface area contributed by atoms with Crippen molar-refractivity contribution in [3.63, 3.8) is 0 Å². The molecule has 5 aromatic rings. The Labute approximate surface area is 173 Å². The van der Waals surface area contributed by atoms with Crippen molar-refractivity contribution < 1.29 is 8.83 Å². The highest BCUT2D eigenvalue weighted by atomic mass is 16.4. The Bertz CT molecular complexity index is 1450. The number of rotatable bonds is 2. The fourth-order valence-corrected chi connectivity index (χ4v) is 4.61. The van der Waals surface area contributed by atoms with E-state index in [2.05, 4.69) is 17.0 Å². The van der Waals surface area contributed by atoms with Crippen LogP contribution in [0.3, 0.4) is 0 Å². The lowest BCUT2D eigenvalue weighted by Crippen LogP contribution is -2.30. The zero-order chi connectivity index (χ0) is 20.1. The predicted octanol–water partition coefficient (Wildman–Crippen LogP) is 6.35. The van der Waals surface area contributed by atoms with E-state index < -0.39 is 0 Å². The molecule has 0 saturated carbocycles. The second-order valence-corrected chi connectivity index (χ2v) is 7.96. The largest absolute Gasteiger partial charge is 0.455 e. The molecular weight excluding hydrogens is 374 g/mol. The molecule has 30 heavy (non-hydrogen) atoms. The Morgan fingerprint density at radius 2 is 1.33 bits per heavy atom. The first-order chi connectivity index (χ1) is 14.8. The third kappa shape index (κ3) is 2.64. The van der Waals surface area contributed by atoms with Gasteiger partial charge >= 0.3 is 0 Å². The van der Waals surface area contributed by atoms with Crippen LogP contribution in [0.15, 0.2) is 80.4 Å². The van der Waals surface area contributed by atoms with E-state index in [1.807, 2.05) is 48.5 Å². The van der Waals surface area contributed by atoms with Crippen LogP contribution in [-0.4, -0.2) is 13.1 Å². The van der Waals surface area contributed by atoms with E-state index in [-0.39, 0.29) is 5.43 Å². The summed E-state index contributed by atoms with van der Waals surface area (Å²) in [5.74, 6) is 0.663. The van der Waals surface area contributed by atoms with Crippen molar-refractivity contribution in [1.29, 1.82) is 0 Å². The molecule has 1 aliphatic rings. The van der Waals surface area contributed by atoms with Crippen LogP contribution in [0.5, 0.6) is 0 Å². The van der Waals surface area contributed by atoms with Crippen LogP contribution in [-0.2, 0) is 0 Å². The number of anilines is 1. The van der Waals surface area contributed by atoms with Gasteiger partial charge in [-0.15, -0.1) is 0 Å². The lowest BCUT2D eigenvalue weighted by molar-refractivity contribution is 0.513. The molecule has 3 aromatic carbocycles. The molecule has 2 aromatic heterocycles. The molecule has 0 atom stereocenters. The monoisotopic (exact) mass is 395 g/mol. The van der Waals surface area contributed by atoms with Gasteiger partial charge in [0.1, 0.15) is 16.7 Å². The molecule has 0 radical (unpaired) electrons. The summed E-state index contributed by atoms with van der Waals surface area (Å²) in [4.78, 5) is 15.1. The summed E-state index contributed by atoms with van der Waals surface area (Å²) in [6, 6.07) is 21.6. The van der Waals surface area contributed by atoms with Gasteiger partial charge in [0, 0.05) is 41.1 Å². The van der Waals surface area contributed by atoms with E-state index in [1.54, 1.807) is 6.07 Å². The molecule has 3 heterocycles. The van der Waals surface area contributed by atoms with Gasteiger partial charge in [0.05, 0.1) is 5.39 Å². The summed E-state index contributed by atoms with van der Waals surface area (Å²) in [5, 5.41) is 2.75. The molecule has 148 valence electrons. The predicted molar refractivity (Wildman–Crippen MR) is 121 cm³/mol. The molecule has 0 aliphatic carbocycles. The van der Waals surface area contributed by atoms with E-state index in [9.17, 15) is 4.79 Å². The van der Waals surface area contributed by atoms with Crippen LogP contribution in [0.2, 0.25) is 0 Å². The molecule has 0 amide bonds. The topological polar surface area (TPSA) is 46.6 Å². The molecule has 0 bridgehead atoms. The van der Waals surface area contributed by atoms with Gasteiger partial charge in [-0.1, -0.05) is 48.5 Å². The van der Waals surface area contributed by atoms with Crippen LogP contribution in [0.4, 0.5) is 5.88 Å². The summed E-state index contributed by atoms with van der Waals surface area (Å²) >= 11 is 0. The van der Waals surface area contributed by atoms with Gasteiger partial charge in [-0.05, 0) is 31.4 Å². The first-order valence-electron chi connectivity index (χ1n) is 10.5. The van der Waals surface area contributed by atoms with Crippen LogP contribution in [0.1, 0.15) is 19.3 Å². The minimum absolute atomic E-state index is 0.00421. The number of para-hydroxylation sites is 3. The minimum Gasteiger partial charge on any atom is -0.455 e. The van der Waals surface area contributed by atoms with Gasteiger partial charge in [-0.2, -0.15) is 0 Å². The number of benzene rings is 3. The summed E-state index contributed by atoms with van der Waals surface area (Å²) < 4.78 is 12.6. The molecule has 4 heteroatoms. The highest BCUT2D eigenvalue weighted by Gasteiger charge is 2.19. The lowest BCUT2D eigenvalue weighted by Gasteiger charge is -2.27. The summed E-state index contributed by atoms with van der Waals surface area (Å²) in [6.45, 7) is 1.85. The number of hydrogen-bond acceptors (Lipinski definition) is 4. The van der Waals surface area contributed by atoms with E-state index in [0.717, 1.165) is 59.0 Å². The van der Waals surface area contributed by atoms with Crippen LogP contribution < -0.4 is 10.3 Å². The van der Waals surface area contributed by atoms with Gasteiger partial charge in [-0.3, -0.25) is 4.79 Å². The third-order valence-corrected chi connectivity index (χ3v) is 6.10. The van der Waals surface area contributed by atoms with Crippen molar-refractivity contribution >= 4 is 38.8 Å². The number of furan rings is 1. The van der Waals surface area contributed by atoms with Crippen molar-refractivity contribution in [2.75, 3.05) is 18.0 Å². The molecule has 1 aliphatic heterocycles. The highest BCUT2D eigenvalue weighted by Crippen LogP contribution is 2.38. The summed E-state index contributed by atoms with van der Waals surface area (Å²) in [5.41, 5.74) is 4.11. The molecule has 0 N–H and O–H groups in total. The van der Waals surface area contributed by atoms with E-state index in [1.165, 1.54) is 6.42 Å². The average Bonchev–Trinajstić information content (AvgIpc) is 3.18. The van der Waals surface area contributed by atoms with Gasteiger partial charge in [0.25, 0.3) is 0 Å². The maximum atomic E-state index is 12.9. The second kappa shape index (κ2) is 6.77. The highest BCUT2D eigenvalue weighted by molar-refractivity contribution is 6.11. The van der Waals surface area contributed by atoms with Crippen LogP contribution >= 0.6 is 0 Å². The average molecular weight is 395 g/mol. The zero-order valence-electron chi connectivity index (χ0n) is 16.6. The Hall–Kier alpha value is -3.53. The van der Waals surface area contributed by atoms with Crippen molar-refractivity contribution in [3.8, 4) is 11.1 Å². The smallest absolute Gasteiger partial charge is 0.200 e. The van der Waals surface area contributed by atoms with Crippen LogP contribution in [0, 0.1) is 0 Å². The molecule has 1 fully saturated rings. The Morgan fingerprint density at radius 3 is 2.13 bits per heavy atom. The van der Waals surface area contributed by atoms with E-state index in [0.29, 0.717) is 16.9 Å². The SMILES string of the molecule is O=c1cc(N2CCCCC2)oc2c(-c3cccc4c3oc3ccccc34)cccc12. The number of fused-ring (bicyclic) bond motifs is 4. The quantitative estimate of drug-likeness (QED) is 0.349. The minimum atomic E-state index is -0.00421. The van der Waals surface area contributed by atoms with Gasteiger partial charge < -0.3 is 13.7 Å². The molecule has 1 saturated heterocycles. The van der Waals surface area contributed by atoms with E-state index in [4.69, 9.17) is 8.83 Å². The molecule has 0 spiro atoms. The molecular formula is C26H21NO3. The molecule has 6 rings (SSSR count). The van der Waals surface area contributed by atoms with Gasteiger partial charge in [0.15, 0.2) is 11.3 Å². The number of nitrogens with zero attached hydrogens (tertiary/aromatic N) is 1. The van der Waals surface area contributed by atoms with Crippen LogP contribution in [0.25, 0.3) is 44.0 Å². The summed E-state index contributed by atoms with van der Waals surface area (Å²) in [7, 11) is 0. The standard InChI is InChI=1S/C26H21NO3/c28-22-16-24(27-14-4-1-5-15-27)30-26-20(11-7-12-21(22)26)19-10-6-9-18-17-8-2-3-13-23(17)29-25(18)19/h2-3,6-13,16H,1,4-5,14-15H2.